The molecule has 1 aliphatic rings. The minimum Gasteiger partial charge on any atom is -0.378 e. The van der Waals surface area contributed by atoms with E-state index in [4.69, 9.17) is 0 Å². The SMILES string of the molecule is CN(C)c1ccc(/C=C/C=C/C=C\C=N\CCSSCCN2CC=CC=C2/C=C/c2ccc(N(C)C)cc2)cc1. The normalized spacial score (nSPS) is 14.0. The maximum absolute atomic E-state index is 4.48. The third-order valence-electron chi connectivity index (χ3n) is 6.12. The van der Waals surface area contributed by atoms with Gasteiger partial charge in [-0.1, -0.05) is 94.5 Å². The molecule has 1 heterocycles. The van der Waals surface area contributed by atoms with Gasteiger partial charge in [-0.25, -0.2) is 0 Å². The third-order valence-corrected chi connectivity index (χ3v) is 8.48. The van der Waals surface area contributed by atoms with E-state index in [1.54, 1.807) is 0 Å². The van der Waals surface area contributed by atoms with Crippen LogP contribution in [0.25, 0.3) is 12.2 Å². The van der Waals surface area contributed by atoms with Crippen LogP contribution < -0.4 is 9.80 Å². The van der Waals surface area contributed by atoms with Crippen LogP contribution in [0.2, 0.25) is 0 Å². The molecule has 0 amide bonds. The number of hydrogen-bond donors (Lipinski definition) is 0. The Morgan fingerprint density at radius 3 is 2.00 bits per heavy atom. The van der Waals surface area contributed by atoms with Gasteiger partial charge in [0.2, 0.25) is 0 Å². The highest BCUT2D eigenvalue weighted by molar-refractivity contribution is 8.76. The number of hydrogen-bond acceptors (Lipinski definition) is 6. The third kappa shape index (κ3) is 11.8. The molecule has 4 nitrogen and oxygen atoms in total. The number of rotatable bonds is 15. The maximum atomic E-state index is 4.48. The topological polar surface area (TPSA) is 22.1 Å². The molecule has 2 aromatic rings. The Labute approximate surface area is 249 Å². The average molecular weight is 571 g/mol. The number of aliphatic imine (C=N–C) groups is 1. The summed E-state index contributed by atoms with van der Waals surface area (Å²) >= 11 is 0. The number of anilines is 2. The lowest BCUT2D eigenvalue weighted by Gasteiger charge is -2.26. The molecule has 3 rings (SSSR count). The van der Waals surface area contributed by atoms with Crippen molar-refractivity contribution in [3.63, 3.8) is 0 Å². The van der Waals surface area contributed by atoms with Gasteiger partial charge in [0.1, 0.15) is 0 Å². The monoisotopic (exact) mass is 570 g/mol. The molecule has 0 atom stereocenters. The molecule has 0 aliphatic carbocycles. The van der Waals surface area contributed by atoms with Crippen LogP contribution in [0.5, 0.6) is 0 Å². The second-order valence-corrected chi connectivity index (χ2v) is 12.3. The van der Waals surface area contributed by atoms with Crippen molar-refractivity contribution in [3.8, 4) is 0 Å². The first kappa shape index (κ1) is 31.2. The zero-order valence-corrected chi connectivity index (χ0v) is 25.8. The van der Waals surface area contributed by atoms with Crippen molar-refractivity contribution in [2.24, 2.45) is 4.99 Å². The van der Waals surface area contributed by atoms with Gasteiger partial charge in [0.05, 0.1) is 0 Å². The van der Waals surface area contributed by atoms with Gasteiger partial charge in [-0.15, -0.1) is 0 Å². The first-order valence-corrected chi connectivity index (χ1v) is 16.1. The second kappa shape index (κ2) is 18.1. The Balaban J connectivity index is 1.26. The van der Waals surface area contributed by atoms with Crippen LogP contribution in [0.15, 0.2) is 114 Å². The summed E-state index contributed by atoms with van der Waals surface area (Å²) in [5, 5.41) is 0. The predicted molar refractivity (Wildman–Crippen MR) is 185 cm³/mol. The van der Waals surface area contributed by atoms with Gasteiger partial charge in [-0.05, 0) is 53.6 Å². The molecule has 210 valence electrons. The van der Waals surface area contributed by atoms with Crippen LogP contribution in [-0.4, -0.2) is 70.4 Å². The van der Waals surface area contributed by atoms with E-state index in [1.165, 1.54) is 28.2 Å². The summed E-state index contributed by atoms with van der Waals surface area (Å²) in [6.45, 7) is 2.83. The molecule has 0 saturated carbocycles. The summed E-state index contributed by atoms with van der Waals surface area (Å²) in [6.07, 6.45) is 25.1. The maximum Gasteiger partial charge on any atom is 0.0488 e. The molecule has 1 aliphatic heterocycles. The first-order chi connectivity index (χ1) is 19.5. The second-order valence-electron chi connectivity index (χ2n) is 9.60. The molecule has 6 heteroatoms. The Kier molecular flexibility index (Phi) is 14.1. The van der Waals surface area contributed by atoms with E-state index in [-0.39, 0.29) is 0 Å². The van der Waals surface area contributed by atoms with E-state index in [2.05, 4.69) is 139 Å². The summed E-state index contributed by atoms with van der Waals surface area (Å²) in [4.78, 5) is 11.1. The van der Waals surface area contributed by atoms with Crippen molar-refractivity contribution in [2.45, 2.75) is 0 Å². The highest BCUT2D eigenvalue weighted by atomic mass is 33.1. The minimum absolute atomic E-state index is 0.835. The standard InChI is InChI=1S/C34H42N4S2/c1-36(2)32-19-14-30(15-20-32)12-8-6-5-7-10-24-35-25-28-39-40-29-27-38-26-11-9-13-34(38)23-18-31-16-21-33(22-17-31)37(3)4/h5-24H,25-29H2,1-4H3/b6-5+,10-7-,12-8+,23-18+,35-24+. The summed E-state index contributed by atoms with van der Waals surface area (Å²) in [5.41, 5.74) is 6.11. The fourth-order valence-corrected chi connectivity index (χ4v) is 5.66. The fraction of sp³-hybridized carbons (Fsp3) is 0.265. The molecule has 0 fully saturated rings. The van der Waals surface area contributed by atoms with Gasteiger partial charge in [-0.2, -0.15) is 0 Å². The Bertz CT molecular complexity index is 1220. The van der Waals surface area contributed by atoms with Crippen LogP contribution in [0.1, 0.15) is 11.1 Å². The van der Waals surface area contributed by atoms with E-state index in [0.29, 0.717) is 0 Å². The Hall–Kier alpha value is -3.35. The Morgan fingerprint density at radius 1 is 0.725 bits per heavy atom. The van der Waals surface area contributed by atoms with E-state index in [1.807, 2.05) is 52.1 Å². The largest absolute Gasteiger partial charge is 0.378 e. The molecule has 0 aromatic heterocycles. The Morgan fingerprint density at radius 2 is 1.32 bits per heavy atom. The molecular weight excluding hydrogens is 529 g/mol. The van der Waals surface area contributed by atoms with Crippen LogP contribution in [-0.2, 0) is 0 Å². The van der Waals surface area contributed by atoms with Crippen LogP contribution >= 0.6 is 21.6 Å². The average Bonchev–Trinajstić information content (AvgIpc) is 2.97. The van der Waals surface area contributed by atoms with Gasteiger partial charge < -0.3 is 14.7 Å². The smallest absolute Gasteiger partial charge is 0.0488 e. The minimum atomic E-state index is 0.835. The number of nitrogens with zero attached hydrogens (tertiary/aromatic N) is 4. The number of benzene rings is 2. The molecule has 2 aromatic carbocycles. The van der Waals surface area contributed by atoms with E-state index in [9.17, 15) is 0 Å². The van der Waals surface area contributed by atoms with E-state index < -0.39 is 0 Å². The molecule has 0 radical (unpaired) electrons. The van der Waals surface area contributed by atoms with Crippen molar-refractivity contribution in [3.05, 3.63) is 120 Å². The van der Waals surface area contributed by atoms with Crippen LogP contribution in [0.3, 0.4) is 0 Å². The molecule has 0 saturated heterocycles. The van der Waals surface area contributed by atoms with Crippen LogP contribution in [0, 0.1) is 0 Å². The van der Waals surface area contributed by atoms with Gasteiger partial charge in [0, 0.05) is 82.6 Å². The fourth-order valence-electron chi connectivity index (χ4n) is 3.80. The zero-order chi connectivity index (χ0) is 28.4. The molecule has 0 spiro atoms. The van der Waals surface area contributed by atoms with Crippen molar-refractivity contribution < 1.29 is 0 Å². The molecule has 0 unspecified atom stereocenters. The lowest BCUT2D eigenvalue weighted by Crippen LogP contribution is -2.26. The van der Waals surface area contributed by atoms with E-state index in [0.717, 1.165) is 31.1 Å². The lowest BCUT2D eigenvalue weighted by molar-refractivity contribution is 0.414. The predicted octanol–water partition coefficient (Wildman–Crippen LogP) is 7.87. The van der Waals surface area contributed by atoms with Gasteiger partial charge in [0.15, 0.2) is 0 Å². The highest BCUT2D eigenvalue weighted by Gasteiger charge is 2.08. The van der Waals surface area contributed by atoms with E-state index >= 15 is 0 Å². The van der Waals surface area contributed by atoms with Crippen LogP contribution in [0.4, 0.5) is 11.4 Å². The van der Waals surface area contributed by atoms with Crippen molar-refractivity contribution in [1.29, 1.82) is 0 Å². The summed E-state index contributed by atoms with van der Waals surface area (Å²) in [6, 6.07) is 17.2. The molecule has 0 N–H and O–H groups in total. The lowest BCUT2D eigenvalue weighted by atomic mass is 10.1. The zero-order valence-electron chi connectivity index (χ0n) is 24.2. The molecule has 40 heavy (non-hydrogen) atoms. The molecular formula is C34H42N4S2. The summed E-state index contributed by atoms with van der Waals surface area (Å²) < 4.78 is 0. The molecule has 0 bridgehead atoms. The quantitative estimate of drug-likeness (QED) is 0.0938. The van der Waals surface area contributed by atoms with Crippen molar-refractivity contribution in [2.75, 3.05) is 69.1 Å². The van der Waals surface area contributed by atoms with Crippen molar-refractivity contribution in [1.82, 2.24) is 4.90 Å². The summed E-state index contributed by atoms with van der Waals surface area (Å²) in [7, 11) is 12.1. The van der Waals surface area contributed by atoms with Gasteiger partial charge in [0.25, 0.3) is 0 Å². The highest BCUT2D eigenvalue weighted by Crippen LogP contribution is 2.22. The summed E-state index contributed by atoms with van der Waals surface area (Å²) in [5.74, 6) is 2.11. The van der Waals surface area contributed by atoms with Gasteiger partial charge >= 0.3 is 0 Å². The van der Waals surface area contributed by atoms with Crippen molar-refractivity contribution >= 4 is 51.3 Å². The first-order valence-electron chi connectivity index (χ1n) is 13.6. The number of allylic oxidation sites excluding steroid dienone is 8. The van der Waals surface area contributed by atoms with Gasteiger partial charge in [-0.3, -0.25) is 4.99 Å².